The molecule has 2 aromatic rings. The van der Waals surface area contributed by atoms with Crippen LogP contribution in [0.1, 0.15) is 99.1 Å². The molecule has 6 atom stereocenters. The van der Waals surface area contributed by atoms with Crippen molar-refractivity contribution in [1.82, 2.24) is 0 Å². The molecule has 4 saturated heterocycles. The normalized spacial score (nSPS) is 37.4. The van der Waals surface area contributed by atoms with Gasteiger partial charge in [-0.3, -0.25) is 0 Å². The Balaban J connectivity index is 1.67. The highest BCUT2D eigenvalue weighted by Crippen LogP contribution is 2.74. The molecule has 4 heterocycles. The van der Waals surface area contributed by atoms with E-state index in [1.165, 1.54) is 27.8 Å². The van der Waals surface area contributed by atoms with E-state index in [1.54, 1.807) is 0 Å². The summed E-state index contributed by atoms with van der Waals surface area (Å²) in [7, 11) is 2.78. The summed E-state index contributed by atoms with van der Waals surface area (Å²) < 4.78 is 20.9. The van der Waals surface area contributed by atoms with Gasteiger partial charge in [0.1, 0.15) is 0 Å². The van der Waals surface area contributed by atoms with Gasteiger partial charge in [0.2, 0.25) is 0 Å². The van der Waals surface area contributed by atoms with Gasteiger partial charge in [-0.2, -0.15) is 0 Å². The van der Waals surface area contributed by atoms with Gasteiger partial charge in [-0.25, -0.2) is 0 Å². The zero-order valence-electron chi connectivity index (χ0n) is 28.0. The van der Waals surface area contributed by atoms with Crippen molar-refractivity contribution in [3.63, 3.8) is 0 Å². The molecule has 4 fully saturated rings. The minimum atomic E-state index is -0.668. The van der Waals surface area contributed by atoms with Crippen LogP contribution in [0.25, 0.3) is 5.57 Å². The quantitative estimate of drug-likeness (QED) is 0.302. The van der Waals surface area contributed by atoms with E-state index in [0.717, 1.165) is 12.3 Å². The fourth-order valence-electron chi connectivity index (χ4n) is 9.90. The lowest BCUT2D eigenvalue weighted by atomic mass is 9.49. The Labute approximate surface area is 264 Å². The third-order valence-corrected chi connectivity index (χ3v) is 15.2. The second-order valence-corrected chi connectivity index (χ2v) is 20.4. The Morgan fingerprint density at radius 2 is 1.23 bits per heavy atom. The molecule has 0 spiro atoms. The lowest BCUT2D eigenvalue weighted by Crippen LogP contribution is -2.82. The molecule has 4 bridgehead atoms. The van der Waals surface area contributed by atoms with Crippen molar-refractivity contribution in [3.8, 4) is 0 Å². The van der Waals surface area contributed by atoms with Crippen LogP contribution < -0.4 is 0 Å². The molecule has 1 aliphatic carbocycles. The van der Waals surface area contributed by atoms with Gasteiger partial charge in [0, 0.05) is 18.8 Å². The zero-order chi connectivity index (χ0) is 31.3. The van der Waals surface area contributed by atoms with Crippen molar-refractivity contribution in [2.75, 3.05) is 12.3 Å². The van der Waals surface area contributed by atoms with Gasteiger partial charge in [0.15, 0.2) is 11.6 Å². The van der Waals surface area contributed by atoms with Gasteiger partial charge in [0.25, 0.3) is 0 Å². The summed E-state index contributed by atoms with van der Waals surface area (Å²) in [5, 5.41) is 0.399. The van der Waals surface area contributed by atoms with Crippen LogP contribution in [0.5, 0.6) is 0 Å². The molecule has 0 N–H and O–H groups in total. The minimum absolute atomic E-state index is 0.107. The number of allylic oxidation sites excluding steroid dienone is 3. The van der Waals surface area contributed by atoms with Crippen LogP contribution in [0, 0.1) is 5.41 Å². The van der Waals surface area contributed by atoms with Crippen molar-refractivity contribution < 1.29 is 14.2 Å². The van der Waals surface area contributed by atoms with E-state index in [-0.39, 0.29) is 29.6 Å². The molecule has 5 heteroatoms. The Morgan fingerprint density at radius 1 is 0.744 bits per heavy atom. The Morgan fingerprint density at radius 3 is 1.70 bits per heavy atom. The van der Waals surface area contributed by atoms with Crippen LogP contribution in [0.3, 0.4) is 0 Å². The third kappa shape index (κ3) is 4.87. The molecule has 6 unspecified atom stereocenters. The van der Waals surface area contributed by atoms with Crippen molar-refractivity contribution >= 4 is 22.7 Å². The summed E-state index contributed by atoms with van der Waals surface area (Å²) >= 11 is 0. The molecule has 2 aromatic carbocycles. The Kier molecular flexibility index (Phi) is 7.41. The molecule has 0 amide bonds. The third-order valence-electron chi connectivity index (χ3n) is 10.7. The second-order valence-electron chi connectivity index (χ2n) is 16.2. The van der Waals surface area contributed by atoms with Crippen LogP contribution in [-0.4, -0.2) is 45.4 Å². The van der Waals surface area contributed by atoms with E-state index in [9.17, 15) is 0 Å². The van der Waals surface area contributed by atoms with Gasteiger partial charge in [0.05, 0.1) is 16.6 Å². The first-order chi connectivity index (χ1) is 19.9. The minimum Gasteiger partial charge on any atom is -0.343 e. The van der Waals surface area contributed by atoms with E-state index in [0.29, 0.717) is 12.8 Å². The predicted octanol–water partition coefficient (Wildman–Crippen LogP) is 9.92. The average Bonchev–Trinajstić information content (AvgIpc) is 3.24. The number of hydrogen-bond donors (Lipinski definition) is 0. The second kappa shape index (κ2) is 10.1. The first-order valence-corrected chi connectivity index (χ1v) is 18.4. The molecular weight excluding hydrogens is 566 g/mol. The van der Waals surface area contributed by atoms with Gasteiger partial charge < -0.3 is 14.2 Å². The molecular formula is C38H52O3P2. The Hall–Kier alpha value is -1.34. The summed E-state index contributed by atoms with van der Waals surface area (Å²) in [6.45, 7) is 23.6. The van der Waals surface area contributed by atoms with Gasteiger partial charge in [-0.15, -0.1) is 9.24 Å². The summed E-state index contributed by atoms with van der Waals surface area (Å²) in [5.41, 5.74) is 5.69. The first-order valence-electron chi connectivity index (χ1n) is 16.0. The van der Waals surface area contributed by atoms with Crippen molar-refractivity contribution in [3.05, 3.63) is 89.0 Å². The lowest BCUT2D eigenvalue weighted by Gasteiger charge is -2.75. The summed E-state index contributed by atoms with van der Waals surface area (Å²) in [6.07, 6.45) is 5.90. The van der Waals surface area contributed by atoms with Gasteiger partial charge in [-0.1, -0.05) is 116 Å². The molecule has 5 aliphatic rings. The SMILES string of the molecule is CC12CC3(C)OC(C)(CC(C)(O1)C3(CP)C1=C(CP(C(C)(C)C)C(C)(C)C)C=C(c3ccccc3)C1c1ccccc1)O2. The first kappa shape index (κ1) is 31.6. The smallest absolute Gasteiger partial charge is 0.172 e. The molecule has 0 aromatic heterocycles. The number of benzene rings is 2. The number of ether oxygens (including phenoxy) is 3. The standard InChI is InChI=1S/C38H52O3P2/c1-32(2,3)43(33(4,5)6)22-28-21-29(26-17-13-11-14-18-26)30(27-19-15-12-16-20-27)31(28)38(25-42)34(7)23-36(9)40-35(38,8)24-37(10,39-34)41-36/h11-21,30H,22-25,42H2,1-10H3. The maximum absolute atomic E-state index is 7.19. The van der Waals surface area contributed by atoms with Crippen LogP contribution >= 0.6 is 17.2 Å². The maximum atomic E-state index is 7.19. The van der Waals surface area contributed by atoms with Crippen LogP contribution in [0.4, 0.5) is 0 Å². The van der Waals surface area contributed by atoms with E-state index >= 15 is 0 Å². The fraction of sp³-hybridized carbons (Fsp3) is 0.579. The topological polar surface area (TPSA) is 27.7 Å². The van der Waals surface area contributed by atoms with E-state index in [2.05, 4.69) is 145 Å². The van der Waals surface area contributed by atoms with E-state index in [4.69, 9.17) is 14.2 Å². The molecule has 7 rings (SSSR count). The van der Waals surface area contributed by atoms with Crippen molar-refractivity contribution in [2.24, 2.45) is 5.41 Å². The molecule has 3 nitrogen and oxygen atoms in total. The molecule has 43 heavy (non-hydrogen) atoms. The highest BCUT2D eigenvalue weighted by atomic mass is 31.1. The van der Waals surface area contributed by atoms with Crippen LogP contribution in [-0.2, 0) is 14.2 Å². The average molecular weight is 619 g/mol. The monoisotopic (exact) mass is 618 g/mol. The van der Waals surface area contributed by atoms with Gasteiger partial charge in [-0.05, 0) is 78.2 Å². The van der Waals surface area contributed by atoms with Crippen LogP contribution in [0.2, 0.25) is 0 Å². The number of hydrogen-bond acceptors (Lipinski definition) is 3. The maximum Gasteiger partial charge on any atom is 0.172 e. The lowest BCUT2D eigenvalue weighted by molar-refractivity contribution is -0.539. The molecule has 0 radical (unpaired) electrons. The fourth-order valence-corrected chi connectivity index (χ4v) is 14.6. The van der Waals surface area contributed by atoms with E-state index in [1.807, 2.05) is 0 Å². The van der Waals surface area contributed by atoms with E-state index < -0.39 is 22.8 Å². The van der Waals surface area contributed by atoms with Gasteiger partial charge >= 0.3 is 0 Å². The summed E-state index contributed by atoms with van der Waals surface area (Å²) in [4.78, 5) is 0. The predicted molar refractivity (Wildman–Crippen MR) is 185 cm³/mol. The molecule has 232 valence electrons. The summed E-state index contributed by atoms with van der Waals surface area (Å²) in [5.74, 6) is -1.23. The molecule has 4 aliphatic heterocycles. The van der Waals surface area contributed by atoms with Crippen molar-refractivity contribution in [1.29, 1.82) is 0 Å². The summed E-state index contributed by atoms with van der Waals surface area (Å²) in [6, 6.07) is 22.2. The number of rotatable bonds is 6. The highest BCUT2D eigenvalue weighted by molar-refractivity contribution is 7.61. The van der Waals surface area contributed by atoms with Crippen molar-refractivity contribution in [2.45, 2.75) is 121 Å². The van der Waals surface area contributed by atoms with Crippen LogP contribution in [0.15, 0.2) is 77.9 Å². The zero-order valence-corrected chi connectivity index (χ0v) is 30.1. The highest BCUT2D eigenvalue weighted by Gasteiger charge is 2.78. The largest absolute Gasteiger partial charge is 0.343 e. The Bertz CT molecular complexity index is 1390. The molecule has 0 saturated carbocycles.